The Kier molecular flexibility index (Phi) is 9.04. The zero-order valence-corrected chi connectivity index (χ0v) is 16.2. The minimum Gasteiger partial charge on any atom is -0.497 e. The maximum atomic E-state index is 12.1. The van der Waals surface area contributed by atoms with Crippen LogP contribution in [0.1, 0.15) is 39.0 Å². The topological polar surface area (TPSA) is 56.8 Å². The first-order valence-electron chi connectivity index (χ1n) is 9.51. The number of hydrogen-bond acceptors (Lipinski definition) is 4. The van der Waals surface area contributed by atoms with Crippen molar-refractivity contribution < 1.29 is 19.0 Å². The van der Waals surface area contributed by atoms with Crippen molar-refractivity contribution in [1.29, 1.82) is 0 Å². The van der Waals surface area contributed by atoms with Gasteiger partial charge in [-0.15, -0.1) is 0 Å². The Morgan fingerprint density at radius 1 is 0.889 bits per heavy atom. The van der Waals surface area contributed by atoms with E-state index in [1.165, 1.54) is 25.7 Å². The highest BCUT2D eigenvalue weighted by Crippen LogP contribution is 2.20. The van der Waals surface area contributed by atoms with E-state index in [0.717, 1.165) is 12.2 Å². The SMILES string of the molecule is CCCCCCCOc1cccc(OCC(=O)Nc2cccc(OC)c2)c1. The number of amides is 1. The number of hydrogen-bond donors (Lipinski definition) is 1. The molecule has 0 aliphatic rings. The molecule has 0 spiro atoms. The normalized spacial score (nSPS) is 10.3. The molecule has 0 radical (unpaired) electrons. The molecule has 0 fully saturated rings. The van der Waals surface area contributed by atoms with Gasteiger partial charge in [0.1, 0.15) is 17.2 Å². The van der Waals surface area contributed by atoms with Crippen molar-refractivity contribution in [2.24, 2.45) is 0 Å². The molecule has 1 N–H and O–H groups in total. The summed E-state index contributed by atoms with van der Waals surface area (Å²) < 4.78 is 16.5. The van der Waals surface area contributed by atoms with Crippen LogP contribution in [0, 0.1) is 0 Å². The molecule has 0 atom stereocenters. The van der Waals surface area contributed by atoms with Gasteiger partial charge in [0.25, 0.3) is 5.91 Å². The summed E-state index contributed by atoms with van der Waals surface area (Å²) in [6.45, 7) is 2.83. The van der Waals surface area contributed by atoms with E-state index in [2.05, 4.69) is 12.2 Å². The van der Waals surface area contributed by atoms with Gasteiger partial charge in [-0.3, -0.25) is 4.79 Å². The fourth-order valence-corrected chi connectivity index (χ4v) is 2.60. The lowest BCUT2D eigenvalue weighted by Crippen LogP contribution is -2.20. The lowest BCUT2D eigenvalue weighted by Gasteiger charge is -2.10. The molecule has 0 aliphatic carbocycles. The van der Waals surface area contributed by atoms with E-state index in [4.69, 9.17) is 14.2 Å². The van der Waals surface area contributed by atoms with Gasteiger partial charge >= 0.3 is 0 Å². The first kappa shape index (κ1) is 20.6. The maximum absolute atomic E-state index is 12.1. The fourth-order valence-electron chi connectivity index (χ4n) is 2.60. The summed E-state index contributed by atoms with van der Waals surface area (Å²) in [5.74, 6) is 1.83. The first-order chi connectivity index (χ1) is 13.2. The van der Waals surface area contributed by atoms with E-state index in [9.17, 15) is 4.79 Å². The van der Waals surface area contributed by atoms with Gasteiger partial charge in [-0.2, -0.15) is 0 Å². The minimum atomic E-state index is -0.231. The minimum absolute atomic E-state index is 0.0717. The molecule has 0 saturated heterocycles. The standard InChI is InChI=1S/C22H29NO4/c1-3-4-5-6-7-14-26-20-12-9-13-21(16-20)27-17-22(24)23-18-10-8-11-19(15-18)25-2/h8-13,15-16H,3-7,14,17H2,1-2H3,(H,23,24). The number of rotatable bonds is 12. The second kappa shape index (κ2) is 11.8. The number of nitrogens with one attached hydrogen (secondary N) is 1. The van der Waals surface area contributed by atoms with Crippen LogP contribution >= 0.6 is 0 Å². The van der Waals surface area contributed by atoms with E-state index >= 15 is 0 Å². The highest BCUT2D eigenvalue weighted by molar-refractivity contribution is 5.92. The van der Waals surface area contributed by atoms with Crippen LogP contribution in [0.2, 0.25) is 0 Å². The zero-order chi connectivity index (χ0) is 19.3. The second-order valence-corrected chi connectivity index (χ2v) is 6.31. The number of methoxy groups -OCH3 is 1. The van der Waals surface area contributed by atoms with Crippen molar-refractivity contribution in [2.75, 3.05) is 25.6 Å². The van der Waals surface area contributed by atoms with Crippen LogP contribution in [0.15, 0.2) is 48.5 Å². The quantitative estimate of drug-likeness (QED) is 0.530. The van der Waals surface area contributed by atoms with Crippen LogP contribution in [-0.2, 0) is 4.79 Å². The molecular formula is C22H29NO4. The van der Waals surface area contributed by atoms with E-state index in [0.29, 0.717) is 23.8 Å². The van der Waals surface area contributed by atoms with E-state index in [1.807, 2.05) is 36.4 Å². The monoisotopic (exact) mass is 371 g/mol. The Morgan fingerprint density at radius 2 is 1.59 bits per heavy atom. The van der Waals surface area contributed by atoms with Crippen LogP contribution in [0.4, 0.5) is 5.69 Å². The third kappa shape index (κ3) is 8.03. The molecule has 2 rings (SSSR count). The Labute approximate surface area is 161 Å². The van der Waals surface area contributed by atoms with Gasteiger partial charge in [-0.25, -0.2) is 0 Å². The Bertz CT molecular complexity index is 702. The number of ether oxygens (including phenoxy) is 3. The maximum Gasteiger partial charge on any atom is 0.262 e. The fraction of sp³-hybridized carbons (Fsp3) is 0.409. The van der Waals surface area contributed by atoms with Crippen molar-refractivity contribution in [3.05, 3.63) is 48.5 Å². The number of benzene rings is 2. The number of unbranched alkanes of at least 4 members (excludes halogenated alkanes) is 4. The molecule has 27 heavy (non-hydrogen) atoms. The number of carbonyl (C=O) groups is 1. The third-order valence-corrected chi connectivity index (χ3v) is 4.05. The lowest BCUT2D eigenvalue weighted by molar-refractivity contribution is -0.118. The molecule has 0 aromatic heterocycles. The molecule has 5 nitrogen and oxygen atoms in total. The largest absolute Gasteiger partial charge is 0.497 e. The van der Waals surface area contributed by atoms with E-state index < -0.39 is 0 Å². The van der Waals surface area contributed by atoms with Gasteiger partial charge < -0.3 is 19.5 Å². The van der Waals surface area contributed by atoms with E-state index in [-0.39, 0.29) is 12.5 Å². The molecule has 2 aromatic rings. The molecule has 2 aromatic carbocycles. The van der Waals surface area contributed by atoms with Crippen molar-refractivity contribution in [3.63, 3.8) is 0 Å². The third-order valence-electron chi connectivity index (χ3n) is 4.05. The van der Waals surface area contributed by atoms with Crippen molar-refractivity contribution >= 4 is 11.6 Å². The zero-order valence-electron chi connectivity index (χ0n) is 16.2. The summed E-state index contributed by atoms with van der Waals surface area (Å²) in [6.07, 6.45) is 6.01. The van der Waals surface area contributed by atoms with E-state index in [1.54, 1.807) is 19.2 Å². The van der Waals surface area contributed by atoms with Crippen molar-refractivity contribution in [2.45, 2.75) is 39.0 Å². The summed E-state index contributed by atoms with van der Waals surface area (Å²) in [6, 6.07) is 14.6. The summed E-state index contributed by atoms with van der Waals surface area (Å²) in [5.41, 5.74) is 0.670. The highest BCUT2D eigenvalue weighted by Gasteiger charge is 2.05. The van der Waals surface area contributed by atoms with Gasteiger partial charge in [-0.05, 0) is 30.7 Å². The number of carbonyl (C=O) groups excluding carboxylic acids is 1. The second-order valence-electron chi connectivity index (χ2n) is 6.31. The van der Waals surface area contributed by atoms with Crippen molar-refractivity contribution in [1.82, 2.24) is 0 Å². The molecule has 0 heterocycles. The Morgan fingerprint density at radius 3 is 2.37 bits per heavy atom. The van der Waals surface area contributed by atoms with Crippen LogP contribution < -0.4 is 19.5 Å². The predicted octanol–water partition coefficient (Wildman–Crippen LogP) is 5.06. The molecule has 0 aliphatic heterocycles. The molecule has 0 bridgehead atoms. The predicted molar refractivity (Wildman–Crippen MR) is 108 cm³/mol. The number of anilines is 1. The molecule has 5 heteroatoms. The summed E-state index contributed by atoms with van der Waals surface area (Å²) >= 11 is 0. The van der Waals surface area contributed by atoms with Gasteiger partial charge in [0.05, 0.1) is 13.7 Å². The Hall–Kier alpha value is -2.69. The highest BCUT2D eigenvalue weighted by atomic mass is 16.5. The molecule has 0 unspecified atom stereocenters. The lowest BCUT2D eigenvalue weighted by atomic mass is 10.2. The molecular weight excluding hydrogens is 342 g/mol. The molecule has 1 amide bonds. The van der Waals surface area contributed by atoms with Gasteiger partial charge in [-0.1, -0.05) is 44.7 Å². The van der Waals surface area contributed by atoms with Crippen molar-refractivity contribution in [3.8, 4) is 17.2 Å². The average molecular weight is 371 g/mol. The summed E-state index contributed by atoms with van der Waals surface area (Å²) in [4.78, 5) is 12.1. The van der Waals surface area contributed by atoms with Gasteiger partial charge in [0, 0.05) is 17.8 Å². The summed E-state index contributed by atoms with van der Waals surface area (Å²) in [5, 5.41) is 2.78. The van der Waals surface area contributed by atoms with Crippen LogP contribution in [0.5, 0.6) is 17.2 Å². The molecule has 0 saturated carbocycles. The van der Waals surface area contributed by atoms with Crippen LogP contribution in [-0.4, -0.2) is 26.2 Å². The van der Waals surface area contributed by atoms with Crippen LogP contribution in [0.3, 0.4) is 0 Å². The van der Waals surface area contributed by atoms with Gasteiger partial charge in [0.15, 0.2) is 6.61 Å². The smallest absolute Gasteiger partial charge is 0.262 e. The summed E-state index contributed by atoms with van der Waals surface area (Å²) in [7, 11) is 1.59. The first-order valence-corrected chi connectivity index (χ1v) is 9.51. The van der Waals surface area contributed by atoms with Crippen LogP contribution in [0.25, 0.3) is 0 Å². The Balaban J connectivity index is 1.74. The molecule has 146 valence electrons. The average Bonchev–Trinajstić information content (AvgIpc) is 2.69. The van der Waals surface area contributed by atoms with Gasteiger partial charge in [0.2, 0.25) is 0 Å².